The summed E-state index contributed by atoms with van der Waals surface area (Å²) in [4.78, 5) is 14.0. The minimum absolute atomic E-state index is 0.0236. The van der Waals surface area contributed by atoms with Gasteiger partial charge in [-0.2, -0.15) is 0 Å². The molecule has 2 aromatic rings. The lowest BCUT2D eigenvalue weighted by Gasteiger charge is -2.24. The largest absolute Gasteiger partial charge is 0.507 e. The zero-order valence-corrected chi connectivity index (χ0v) is 14.7. The number of phenols is 1. The number of amides is 1. The zero-order chi connectivity index (χ0) is 16.6. The Hall–Kier alpha value is -1.85. The van der Waals surface area contributed by atoms with E-state index in [0.29, 0.717) is 18.8 Å². The maximum Gasteiger partial charge on any atom is 0.235 e. The van der Waals surface area contributed by atoms with Crippen molar-refractivity contribution in [2.75, 3.05) is 6.54 Å². The molecule has 0 aliphatic carbocycles. The molecule has 0 unspecified atom stereocenters. The van der Waals surface area contributed by atoms with E-state index in [-0.39, 0.29) is 12.1 Å². The van der Waals surface area contributed by atoms with E-state index in [2.05, 4.69) is 38.3 Å². The van der Waals surface area contributed by atoms with Crippen molar-refractivity contribution in [1.82, 2.24) is 10.2 Å². The molecule has 0 radical (unpaired) electrons. The van der Waals surface area contributed by atoms with Crippen LogP contribution in [-0.4, -0.2) is 22.5 Å². The second-order valence-electron chi connectivity index (χ2n) is 6.00. The first-order valence-corrected chi connectivity index (χ1v) is 8.31. The van der Waals surface area contributed by atoms with Crippen LogP contribution in [0.25, 0.3) is 0 Å². The molecular formula is C18H19BrN2O2. The first-order valence-electron chi connectivity index (χ1n) is 7.52. The first-order chi connectivity index (χ1) is 10.9. The van der Waals surface area contributed by atoms with E-state index in [4.69, 9.17) is 0 Å². The molecule has 4 nitrogen and oxygen atoms in total. The molecule has 1 aliphatic rings. The Balaban J connectivity index is 1.87. The molecule has 5 heteroatoms. The standard InChI is InChI=1S/C18H19BrN2O2/c1-11-7-14(8-12(2)17(11)23)18-20-16(22)10-21(18)9-13-3-5-15(19)6-4-13/h3-8,18,23H,9-10H2,1-2H3,(H,20,22)/t18-/m0/s1. The third-order valence-corrected chi connectivity index (χ3v) is 4.67. The number of carbonyl (C=O) groups excluding carboxylic acids is 1. The lowest BCUT2D eigenvalue weighted by atomic mass is 10.0. The molecule has 1 amide bonds. The smallest absolute Gasteiger partial charge is 0.235 e. The van der Waals surface area contributed by atoms with Gasteiger partial charge in [0, 0.05) is 11.0 Å². The number of aromatic hydroxyl groups is 1. The van der Waals surface area contributed by atoms with Crippen molar-refractivity contribution in [3.63, 3.8) is 0 Å². The molecule has 1 aliphatic heterocycles. The van der Waals surface area contributed by atoms with Crippen molar-refractivity contribution in [3.05, 3.63) is 63.1 Å². The quantitative estimate of drug-likeness (QED) is 0.865. The third kappa shape index (κ3) is 3.41. The highest BCUT2D eigenvalue weighted by atomic mass is 79.9. The van der Waals surface area contributed by atoms with Gasteiger partial charge in [0.05, 0.1) is 6.54 Å². The van der Waals surface area contributed by atoms with Crippen molar-refractivity contribution >= 4 is 21.8 Å². The summed E-state index contributed by atoms with van der Waals surface area (Å²) in [6, 6.07) is 12.0. The molecule has 0 aromatic heterocycles. The van der Waals surface area contributed by atoms with E-state index < -0.39 is 0 Å². The fourth-order valence-corrected chi connectivity index (χ4v) is 3.24. The molecule has 1 saturated heterocycles. The lowest BCUT2D eigenvalue weighted by molar-refractivity contribution is -0.118. The summed E-state index contributed by atoms with van der Waals surface area (Å²) >= 11 is 3.44. The number of hydrogen-bond acceptors (Lipinski definition) is 3. The second kappa shape index (κ2) is 6.34. The predicted octanol–water partition coefficient (Wildman–Crippen LogP) is 3.40. The fraction of sp³-hybridized carbons (Fsp3) is 0.278. The van der Waals surface area contributed by atoms with Gasteiger partial charge >= 0.3 is 0 Å². The fourth-order valence-electron chi connectivity index (χ4n) is 2.98. The molecule has 120 valence electrons. The maximum atomic E-state index is 11.9. The number of aryl methyl sites for hydroxylation is 2. The molecule has 0 bridgehead atoms. The minimum atomic E-state index is -0.163. The van der Waals surface area contributed by atoms with Gasteiger partial charge in [0.15, 0.2) is 0 Å². The number of carbonyl (C=O) groups is 1. The summed E-state index contributed by atoms with van der Waals surface area (Å²) in [5.74, 6) is 0.341. The zero-order valence-electron chi connectivity index (χ0n) is 13.1. The van der Waals surface area contributed by atoms with Crippen LogP contribution >= 0.6 is 15.9 Å². The molecule has 0 saturated carbocycles. The van der Waals surface area contributed by atoms with Gasteiger partial charge in [-0.1, -0.05) is 28.1 Å². The van der Waals surface area contributed by atoms with Crippen LogP contribution in [-0.2, 0) is 11.3 Å². The summed E-state index contributed by atoms with van der Waals surface area (Å²) in [5.41, 5.74) is 3.80. The van der Waals surface area contributed by atoms with Crippen molar-refractivity contribution in [1.29, 1.82) is 0 Å². The Morgan fingerprint density at radius 3 is 2.43 bits per heavy atom. The Labute approximate surface area is 144 Å². The van der Waals surface area contributed by atoms with Gasteiger partial charge in [0.1, 0.15) is 11.9 Å². The number of rotatable bonds is 3. The van der Waals surface area contributed by atoms with E-state index >= 15 is 0 Å². The number of nitrogens with zero attached hydrogens (tertiary/aromatic N) is 1. The summed E-state index contributed by atoms with van der Waals surface area (Å²) in [6.07, 6.45) is -0.163. The molecule has 1 atom stereocenters. The number of nitrogens with one attached hydrogen (secondary N) is 1. The highest BCUT2D eigenvalue weighted by molar-refractivity contribution is 9.10. The number of hydrogen-bond donors (Lipinski definition) is 2. The van der Waals surface area contributed by atoms with Crippen LogP contribution in [0.2, 0.25) is 0 Å². The summed E-state index contributed by atoms with van der Waals surface area (Å²) in [6.45, 7) is 4.82. The highest BCUT2D eigenvalue weighted by Crippen LogP contribution is 2.30. The molecule has 0 spiro atoms. The van der Waals surface area contributed by atoms with E-state index in [9.17, 15) is 9.90 Å². The molecular weight excluding hydrogens is 356 g/mol. The average Bonchev–Trinajstić information content (AvgIpc) is 2.87. The Bertz CT molecular complexity index is 720. The van der Waals surface area contributed by atoms with Gasteiger partial charge in [-0.15, -0.1) is 0 Å². The van der Waals surface area contributed by atoms with Crippen LogP contribution in [0.5, 0.6) is 5.75 Å². The van der Waals surface area contributed by atoms with Crippen LogP contribution in [0.3, 0.4) is 0 Å². The van der Waals surface area contributed by atoms with Crippen molar-refractivity contribution < 1.29 is 9.90 Å². The average molecular weight is 375 g/mol. The Morgan fingerprint density at radius 2 is 1.83 bits per heavy atom. The lowest BCUT2D eigenvalue weighted by Crippen LogP contribution is -2.27. The monoisotopic (exact) mass is 374 g/mol. The van der Waals surface area contributed by atoms with E-state index in [1.54, 1.807) is 0 Å². The van der Waals surface area contributed by atoms with Crippen LogP contribution in [0.4, 0.5) is 0 Å². The molecule has 23 heavy (non-hydrogen) atoms. The van der Waals surface area contributed by atoms with Gasteiger partial charge in [0.25, 0.3) is 0 Å². The number of benzene rings is 2. The molecule has 3 rings (SSSR count). The van der Waals surface area contributed by atoms with Gasteiger partial charge in [-0.25, -0.2) is 0 Å². The number of phenolic OH excluding ortho intramolecular Hbond substituents is 1. The van der Waals surface area contributed by atoms with Gasteiger partial charge in [-0.3, -0.25) is 9.69 Å². The predicted molar refractivity (Wildman–Crippen MR) is 93.0 cm³/mol. The van der Waals surface area contributed by atoms with Gasteiger partial charge in [-0.05, 0) is 60.4 Å². The first kappa shape index (κ1) is 16.0. The SMILES string of the molecule is Cc1cc([C@H]2NC(=O)CN2Cc2ccc(Br)cc2)cc(C)c1O. The van der Waals surface area contributed by atoms with Crippen molar-refractivity contribution in [2.45, 2.75) is 26.6 Å². The van der Waals surface area contributed by atoms with Crippen LogP contribution < -0.4 is 5.32 Å². The van der Waals surface area contributed by atoms with Crippen LogP contribution in [0, 0.1) is 13.8 Å². The minimum Gasteiger partial charge on any atom is -0.507 e. The summed E-state index contributed by atoms with van der Waals surface area (Å²) in [5, 5.41) is 13.0. The van der Waals surface area contributed by atoms with Crippen LogP contribution in [0.15, 0.2) is 40.9 Å². The molecule has 1 fully saturated rings. The summed E-state index contributed by atoms with van der Waals surface area (Å²) in [7, 11) is 0. The van der Waals surface area contributed by atoms with E-state index in [1.165, 1.54) is 0 Å². The van der Waals surface area contributed by atoms with Crippen molar-refractivity contribution in [2.24, 2.45) is 0 Å². The summed E-state index contributed by atoms with van der Waals surface area (Å²) < 4.78 is 1.04. The maximum absolute atomic E-state index is 11.9. The highest BCUT2D eigenvalue weighted by Gasteiger charge is 2.31. The molecule has 2 aromatic carbocycles. The van der Waals surface area contributed by atoms with E-state index in [1.807, 2.05) is 38.1 Å². The van der Waals surface area contributed by atoms with Gasteiger partial charge in [0.2, 0.25) is 5.91 Å². The van der Waals surface area contributed by atoms with Crippen LogP contribution in [0.1, 0.15) is 28.4 Å². The number of halogens is 1. The van der Waals surface area contributed by atoms with Gasteiger partial charge < -0.3 is 10.4 Å². The molecule has 2 N–H and O–H groups in total. The van der Waals surface area contributed by atoms with Crippen molar-refractivity contribution in [3.8, 4) is 5.75 Å². The Morgan fingerprint density at radius 1 is 1.22 bits per heavy atom. The second-order valence-corrected chi connectivity index (χ2v) is 6.92. The normalized spacial score (nSPS) is 18.2. The molecule has 1 heterocycles. The van der Waals surface area contributed by atoms with E-state index in [0.717, 1.165) is 26.7 Å². The topological polar surface area (TPSA) is 52.6 Å². The third-order valence-electron chi connectivity index (χ3n) is 4.14. The Kier molecular flexibility index (Phi) is 4.41.